The van der Waals surface area contributed by atoms with Crippen molar-refractivity contribution in [3.63, 3.8) is 0 Å². The van der Waals surface area contributed by atoms with E-state index in [1.54, 1.807) is 37.6 Å². The van der Waals surface area contributed by atoms with Gasteiger partial charge in [-0.1, -0.05) is 11.6 Å². The lowest BCUT2D eigenvalue weighted by Gasteiger charge is -2.16. The van der Waals surface area contributed by atoms with E-state index < -0.39 is 0 Å². The number of carbonyl (C=O) groups excluding carboxylic acids is 1. The van der Waals surface area contributed by atoms with Gasteiger partial charge in [-0.15, -0.1) is 0 Å². The van der Waals surface area contributed by atoms with Crippen LogP contribution in [-0.4, -0.2) is 37.3 Å². The molecule has 2 heterocycles. The van der Waals surface area contributed by atoms with Crippen molar-refractivity contribution in [2.24, 2.45) is 0 Å². The molecule has 1 unspecified atom stereocenters. The summed E-state index contributed by atoms with van der Waals surface area (Å²) in [5, 5.41) is 3.13. The van der Waals surface area contributed by atoms with Gasteiger partial charge in [0.25, 0.3) is 5.91 Å². The van der Waals surface area contributed by atoms with Crippen molar-refractivity contribution in [1.82, 2.24) is 4.98 Å². The smallest absolute Gasteiger partial charge is 0.255 e. The molecule has 1 aliphatic heterocycles. The molecule has 1 aliphatic rings. The van der Waals surface area contributed by atoms with Gasteiger partial charge >= 0.3 is 0 Å². The maximum Gasteiger partial charge on any atom is 0.255 e. The van der Waals surface area contributed by atoms with E-state index >= 15 is 0 Å². The minimum absolute atomic E-state index is 0.0353. The van der Waals surface area contributed by atoms with Crippen LogP contribution in [0.25, 0.3) is 0 Å². The van der Waals surface area contributed by atoms with Gasteiger partial charge in [-0.05, 0) is 24.3 Å². The summed E-state index contributed by atoms with van der Waals surface area (Å²) in [5.41, 5.74) is 0.941. The molecule has 126 valence electrons. The number of rotatable bonds is 5. The summed E-state index contributed by atoms with van der Waals surface area (Å²) in [7, 11) is 1.56. The molecule has 24 heavy (non-hydrogen) atoms. The fourth-order valence-corrected chi connectivity index (χ4v) is 2.53. The van der Waals surface area contributed by atoms with Gasteiger partial charge < -0.3 is 19.5 Å². The van der Waals surface area contributed by atoms with Crippen LogP contribution in [0.3, 0.4) is 0 Å². The van der Waals surface area contributed by atoms with Crippen LogP contribution in [0, 0.1) is 0 Å². The molecule has 7 heteroatoms. The number of anilines is 1. The molecule has 0 bridgehead atoms. The number of halogens is 1. The molecule has 1 atom stereocenters. The molecule has 0 aliphatic carbocycles. The molecule has 1 N–H and O–H groups in total. The number of pyridine rings is 1. The first kappa shape index (κ1) is 16.5. The zero-order valence-electron chi connectivity index (χ0n) is 13.1. The van der Waals surface area contributed by atoms with Gasteiger partial charge in [-0.25, -0.2) is 0 Å². The van der Waals surface area contributed by atoms with E-state index in [9.17, 15) is 4.79 Å². The monoisotopic (exact) mass is 348 g/mol. The van der Waals surface area contributed by atoms with E-state index in [1.807, 2.05) is 0 Å². The topological polar surface area (TPSA) is 69.7 Å². The van der Waals surface area contributed by atoms with Crippen molar-refractivity contribution in [1.29, 1.82) is 0 Å². The molecule has 0 spiro atoms. The molecule has 1 amide bonds. The van der Waals surface area contributed by atoms with Crippen molar-refractivity contribution in [2.75, 3.05) is 25.6 Å². The Morgan fingerprint density at radius 3 is 2.96 bits per heavy atom. The lowest BCUT2D eigenvalue weighted by Crippen LogP contribution is -2.17. The Kier molecular flexibility index (Phi) is 5.17. The SMILES string of the molecule is COc1ccc(C(=O)Nc2ccncc2Cl)cc1OC1CCOC1. The molecule has 1 aromatic heterocycles. The Hall–Kier alpha value is -2.31. The Labute approximate surface area is 144 Å². The highest BCUT2D eigenvalue weighted by Gasteiger charge is 2.20. The van der Waals surface area contributed by atoms with Crippen LogP contribution in [0.2, 0.25) is 5.02 Å². The van der Waals surface area contributed by atoms with Gasteiger partial charge in [0, 0.05) is 24.4 Å². The number of methoxy groups -OCH3 is 1. The Morgan fingerprint density at radius 2 is 2.25 bits per heavy atom. The maximum atomic E-state index is 12.4. The number of hydrogen-bond acceptors (Lipinski definition) is 5. The van der Waals surface area contributed by atoms with Crippen molar-refractivity contribution < 1.29 is 19.0 Å². The normalized spacial score (nSPS) is 16.7. The lowest BCUT2D eigenvalue weighted by atomic mass is 10.1. The average molecular weight is 349 g/mol. The highest BCUT2D eigenvalue weighted by molar-refractivity contribution is 6.33. The molecule has 6 nitrogen and oxygen atoms in total. The number of aromatic nitrogens is 1. The molecule has 3 rings (SSSR count). The van der Waals surface area contributed by atoms with Crippen molar-refractivity contribution in [3.8, 4) is 11.5 Å². The van der Waals surface area contributed by atoms with E-state index in [4.69, 9.17) is 25.8 Å². The molecule has 0 saturated carbocycles. The minimum atomic E-state index is -0.293. The van der Waals surface area contributed by atoms with Gasteiger partial charge in [0.05, 0.1) is 31.0 Å². The summed E-state index contributed by atoms with van der Waals surface area (Å²) in [6.07, 6.45) is 3.81. The van der Waals surface area contributed by atoms with Crippen LogP contribution in [0.15, 0.2) is 36.7 Å². The van der Waals surface area contributed by atoms with Crippen molar-refractivity contribution in [3.05, 3.63) is 47.2 Å². The van der Waals surface area contributed by atoms with Crippen molar-refractivity contribution >= 4 is 23.2 Å². The number of amides is 1. The van der Waals surface area contributed by atoms with Gasteiger partial charge in [0.1, 0.15) is 6.10 Å². The van der Waals surface area contributed by atoms with Gasteiger partial charge in [-0.2, -0.15) is 0 Å². The van der Waals surface area contributed by atoms with Gasteiger partial charge in [-0.3, -0.25) is 9.78 Å². The quantitative estimate of drug-likeness (QED) is 0.898. The number of nitrogens with zero attached hydrogens (tertiary/aromatic N) is 1. The summed E-state index contributed by atoms with van der Waals surface area (Å²) >= 11 is 6.01. The highest BCUT2D eigenvalue weighted by Crippen LogP contribution is 2.31. The van der Waals surface area contributed by atoms with Crippen LogP contribution < -0.4 is 14.8 Å². The third kappa shape index (κ3) is 3.77. The van der Waals surface area contributed by atoms with E-state index in [0.717, 1.165) is 6.42 Å². The molecule has 1 saturated heterocycles. The zero-order chi connectivity index (χ0) is 16.9. The average Bonchev–Trinajstić information content (AvgIpc) is 3.10. The zero-order valence-corrected chi connectivity index (χ0v) is 13.9. The predicted molar refractivity (Wildman–Crippen MR) is 90.0 cm³/mol. The van der Waals surface area contributed by atoms with E-state index in [2.05, 4.69) is 10.3 Å². The van der Waals surface area contributed by atoms with Crippen molar-refractivity contribution in [2.45, 2.75) is 12.5 Å². The van der Waals surface area contributed by atoms with Crippen LogP contribution in [0.4, 0.5) is 5.69 Å². The highest BCUT2D eigenvalue weighted by atomic mass is 35.5. The van der Waals surface area contributed by atoms with Crippen LogP contribution in [-0.2, 0) is 4.74 Å². The Balaban J connectivity index is 1.79. The first-order valence-corrected chi connectivity index (χ1v) is 7.88. The van der Waals surface area contributed by atoms with E-state index in [0.29, 0.717) is 41.0 Å². The maximum absolute atomic E-state index is 12.4. The summed E-state index contributed by atoms with van der Waals surface area (Å²) in [4.78, 5) is 16.3. The van der Waals surface area contributed by atoms with Crippen LogP contribution in [0.1, 0.15) is 16.8 Å². The minimum Gasteiger partial charge on any atom is -0.493 e. The molecular weight excluding hydrogens is 332 g/mol. The number of ether oxygens (including phenoxy) is 3. The number of hydrogen-bond donors (Lipinski definition) is 1. The third-order valence-corrected chi connectivity index (χ3v) is 3.93. The first-order chi connectivity index (χ1) is 11.7. The number of benzene rings is 1. The molecular formula is C17H17ClN2O4. The fourth-order valence-electron chi connectivity index (χ4n) is 2.37. The van der Waals surface area contributed by atoms with E-state index in [1.165, 1.54) is 6.20 Å². The lowest BCUT2D eigenvalue weighted by molar-refractivity contribution is 0.102. The van der Waals surface area contributed by atoms with Gasteiger partial charge in [0.2, 0.25) is 0 Å². The second kappa shape index (κ2) is 7.51. The summed E-state index contributed by atoms with van der Waals surface area (Å²) in [5.74, 6) is 0.792. The van der Waals surface area contributed by atoms with Crippen LogP contribution in [0.5, 0.6) is 11.5 Å². The summed E-state index contributed by atoms with van der Waals surface area (Å²) in [6, 6.07) is 6.66. The first-order valence-electron chi connectivity index (χ1n) is 7.50. The fraction of sp³-hybridized carbons (Fsp3) is 0.294. The molecule has 1 aromatic carbocycles. The second-order valence-electron chi connectivity index (χ2n) is 5.28. The van der Waals surface area contributed by atoms with Gasteiger partial charge in [0.15, 0.2) is 11.5 Å². The Bertz CT molecular complexity index is 732. The van der Waals surface area contributed by atoms with Crippen LogP contribution >= 0.6 is 11.6 Å². The number of carbonyl (C=O) groups is 1. The second-order valence-corrected chi connectivity index (χ2v) is 5.69. The number of nitrogens with one attached hydrogen (secondary N) is 1. The summed E-state index contributed by atoms with van der Waals surface area (Å²) < 4.78 is 16.5. The third-order valence-electron chi connectivity index (χ3n) is 3.63. The van der Waals surface area contributed by atoms with E-state index in [-0.39, 0.29) is 12.0 Å². The Morgan fingerprint density at radius 1 is 1.38 bits per heavy atom. The molecule has 0 radical (unpaired) electrons. The molecule has 2 aromatic rings. The standard InChI is InChI=1S/C17H17ClN2O4/c1-22-15-3-2-11(8-16(15)24-12-5-7-23-10-12)17(21)20-14-4-6-19-9-13(14)18/h2-4,6,8-9,12H,5,7,10H2,1H3,(H,19,20,21). The summed E-state index contributed by atoms with van der Waals surface area (Å²) in [6.45, 7) is 1.21. The molecule has 1 fully saturated rings. The predicted octanol–water partition coefficient (Wildman–Crippen LogP) is 3.16. The largest absolute Gasteiger partial charge is 0.493 e.